The molecule has 0 bridgehead atoms. The third-order valence-corrected chi connectivity index (χ3v) is 4.13. The first kappa shape index (κ1) is 15.4. The Morgan fingerprint density at radius 2 is 1.94 bits per heavy atom. The zero-order valence-corrected chi connectivity index (χ0v) is 11.9. The summed E-state index contributed by atoms with van der Waals surface area (Å²) in [7, 11) is 0. The average Bonchev–Trinajstić information content (AvgIpc) is 2.76. The van der Waals surface area contributed by atoms with Gasteiger partial charge in [0.25, 0.3) is 0 Å². The first-order chi connectivity index (χ1) is 8.54. The van der Waals surface area contributed by atoms with Gasteiger partial charge in [0.05, 0.1) is 6.54 Å². The second kappa shape index (κ2) is 7.74. The molecule has 0 saturated heterocycles. The molecule has 0 aliphatic heterocycles. The number of carbonyl (C=O) groups excluding carboxylic acids is 1. The third-order valence-electron chi connectivity index (χ3n) is 4.13. The summed E-state index contributed by atoms with van der Waals surface area (Å²) in [5.74, 6) is 1.48. The quantitative estimate of drug-likeness (QED) is 0.640. The van der Waals surface area contributed by atoms with Crippen LogP contribution < -0.4 is 10.6 Å². The molecule has 0 aromatic rings. The van der Waals surface area contributed by atoms with E-state index in [4.69, 9.17) is 0 Å². The Labute approximate surface area is 111 Å². The lowest BCUT2D eigenvalue weighted by molar-refractivity contribution is -0.121. The van der Waals surface area contributed by atoms with Gasteiger partial charge in [0.1, 0.15) is 0 Å². The van der Waals surface area contributed by atoms with Gasteiger partial charge in [-0.15, -0.1) is 0 Å². The van der Waals surface area contributed by atoms with E-state index in [-0.39, 0.29) is 18.6 Å². The summed E-state index contributed by atoms with van der Waals surface area (Å²) in [6, 6.07) is 0.218. The summed E-state index contributed by atoms with van der Waals surface area (Å²) in [5, 5.41) is 15.4. The fraction of sp³-hybridized carbons (Fsp3) is 0.929. The number of nitrogens with one attached hydrogen (secondary N) is 2. The smallest absolute Gasteiger partial charge is 0.234 e. The maximum atomic E-state index is 11.7. The van der Waals surface area contributed by atoms with Crippen molar-refractivity contribution >= 4 is 5.91 Å². The van der Waals surface area contributed by atoms with Crippen LogP contribution in [0.5, 0.6) is 0 Å². The number of hydrogen-bond acceptors (Lipinski definition) is 3. The third kappa shape index (κ3) is 4.94. The van der Waals surface area contributed by atoms with E-state index >= 15 is 0 Å². The lowest BCUT2D eigenvalue weighted by Crippen LogP contribution is -2.42. The van der Waals surface area contributed by atoms with E-state index in [1.807, 2.05) is 6.92 Å². The molecule has 1 rings (SSSR count). The van der Waals surface area contributed by atoms with Crippen LogP contribution in [-0.4, -0.2) is 36.8 Å². The maximum Gasteiger partial charge on any atom is 0.234 e. The highest BCUT2D eigenvalue weighted by Gasteiger charge is 2.26. The van der Waals surface area contributed by atoms with Gasteiger partial charge >= 0.3 is 0 Å². The van der Waals surface area contributed by atoms with Gasteiger partial charge in [-0.25, -0.2) is 0 Å². The Morgan fingerprint density at radius 3 is 2.56 bits per heavy atom. The molecule has 0 aromatic carbocycles. The van der Waals surface area contributed by atoms with Crippen LogP contribution in [0, 0.1) is 17.8 Å². The number of rotatable bonds is 7. The predicted octanol–water partition coefficient (Wildman–Crippen LogP) is 1.15. The fourth-order valence-electron chi connectivity index (χ4n) is 2.47. The van der Waals surface area contributed by atoms with Gasteiger partial charge in [-0.1, -0.05) is 20.3 Å². The Bertz CT molecular complexity index is 256. The molecule has 1 fully saturated rings. The summed E-state index contributed by atoms with van der Waals surface area (Å²) in [4.78, 5) is 11.7. The average molecular weight is 256 g/mol. The number of amides is 1. The van der Waals surface area contributed by atoms with Crippen molar-refractivity contribution in [3.8, 4) is 0 Å². The number of hydrogen-bond donors (Lipinski definition) is 3. The Hall–Kier alpha value is -0.610. The van der Waals surface area contributed by atoms with Crippen LogP contribution in [0.4, 0.5) is 0 Å². The minimum absolute atomic E-state index is 0.0646. The monoisotopic (exact) mass is 256 g/mol. The lowest BCUT2D eigenvalue weighted by Gasteiger charge is -2.20. The van der Waals surface area contributed by atoms with E-state index in [1.54, 1.807) is 0 Å². The van der Waals surface area contributed by atoms with Crippen molar-refractivity contribution in [1.82, 2.24) is 10.6 Å². The standard InChI is InChI=1S/C14H28N2O2/c1-10(2)11(3)16-14(18)8-15-7-12-5-4-6-13(12)9-17/h10-13,15,17H,4-9H2,1-3H3,(H,16,18). The Kier molecular flexibility index (Phi) is 6.65. The summed E-state index contributed by atoms with van der Waals surface area (Å²) in [6.07, 6.45) is 3.50. The van der Waals surface area contributed by atoms with E-state index in [0.29, 0.717) is 24.3 Å². The molecule has 18 heavy (non-hydrogen) atoms. The molecule has 1 amide bonds. The molecule has 1 aliphatic rings. The van der Waals surface area contributed by atoms with Gasteiger partial charge < -0.3 is 15.7 Å². The van der Waals surface area contributed by atoms with Gasteiger partial charge in [-0.3, -0.25) is 4.79 Å². The first-order valence-electron chi connectivity index (χ1n) is 7.15. The van der Waals surface area contributed by atoms with Gasteiger partial charge in [-0.05, 0) is 44.1 Å². The van der Waals surface area contributed by atoms with E-state index < -0.39 is 0 Å². The molecule has 3 atom stereocenters. The van der Waals surface area contributed by atoms with Crippen molar-refractivity contribution in [3.05, 3.63) is 0 Å². The highest BCUT2D eigenvalue weighted by Crippen LogP contribution is 2.30. The molecule has 1 saturated carbocycles. The van der Waals surface area contributed by atoms with Gasteiger partial charge in [0, 0.05) is 12.6 Å². The summed E-state index contributed by atoms with van der Waals surface area (Å²) in [5.41, 5.74) is 0. The SMILES string of the molecule is CC(C)C(C)NC(=O)CNCC1CCCC1CO. The first-order valence-corrected chi connectivity index (χ1v) is 7.15. The predicted molar refractivity (Wildman–Crippen MR) is 73.2 cm³/mol. The van der Waals surface area contributed by atoms with Gasteiger partial charge in [-0.2, -0.15) is 0 Å². The second-order valence-electron chi connectivity index (χ2n) is 5.86. The molecule has 1 aliphatic carbocycles. The van der Waals surface area contributed by atoms with Crippen LogP contribution in [0.1, 0.15) is 40.0 Å². The van der Waals surface area contributed by atoms with Crippen LogP contribution in [-0.2, 0) is 4.79 Å². The summed E-state index contributed by atoms with van der Waals surface area (Å²) in [6.45, 7) is 7.73. The number of aliphatic hydroxyl groups is 1. The topological polar surface area (TPSA) is 61.4 Å². The van der Waals surface area contributed by atoms with E-state index in [2.05, 4.69) is 24.5 Å². The molecule has 4 nitrogen and oxygen atoms in total. The van der Waals surface area contributed by atoms with Crippen LogP contribution >= 0.6 is 0 Å². The van der Waals surface area contributed by atoms with Crippen molar-refractivity contribution in [2.75, 3.05) is 19.7 Å². The number of carbonyl (C=O) groups is 1. The Morgan fingerprint density at radius 1 is 1.28 bits per heavy atom. The van der Waals surface area contributed by atoms with Crippen molar-refractivity contribution in [1.29, 1.82) is 0 Å². The molecule has 0 radical (unpaired) electrons. The van der Waals surface area contributed by atoms with E-state index in [1.165, 1.54) is 12.8 Å². The molecular formula is C14H28N2O2. The zero-order valence-electron chi connectivity index (χ0n) is 11.9. The van der Waals surface area contributed by atoms with Crippen LogP contribution in [0.2, 0.25) is 0 Å². The summed E-state index contributed by atoms with van der Waals surface area (Å²) < 4.78 is 0. The molecule has 0 aromatic heterocycles. The van der Waals surface area contributed by atoms with Crippen molar-refractivity contribution in [2.45, 2.75) is 46.1 Å². The molecule has 106 valence electrons. The minimum atomic E-state index is 0.0646. The highest BCUT2D eigenvalue weighted by atomic mass is 16.3. The lowest BCUT2D eigenvalue weighted by atomic mass is 9.97. The minimum Gasteiger partial charge on any atom is -0.396 e. The maximum absolute atomic E-state index is 11.7. The number of aliphatic hydroxyl groups excluding tert-OH is 1. The molecule has 0 heterocycles. The normalized spacial score (nSPS) is 25.4. The van der Waals surface area contributed by atoms with Crippen LogP contribution in [0.3, 0.4) is 0 Å². The van der Waals surface area contributed by atoms with Crippen molar-refractivity contribution in [2.24, 2.45) is 17.8 Å². The van der Waals surface area contributed by atoms with Gasteiger partial charge in [0.2, 0.25) is 5.91 Å². The highest BCUT2D eigenvalue weighted by molar-refractivity contribution is 5.78. The second-order valence-corrected chi connectivity index (χ2v) is 5.86. The van der Waals surface area contributed by atoms with E-state index in [0.717, 1.165) is 13.0 Å². The zero-order chi connectivity index (χ0) is 13.5. The van der Waals surface area contributed by atoms with Crippen molar-refractivity contribution in [3.63, 3.8) is 0 Å². The molecule has 3 unspecified atom stereocenters. The summed E-state index contributed by atoms with van der Waals surface area (Å²) >= 11 is 0. The van der Waals surface area contributed by atoms with Crippen molar-refractivity contribution < 1.29 is 9.90 Å². The van der Waals surface area contributed by atoms with E-state index in [9.17, 15) is 9.90 Å². The fourth-order valence-corrected chi connectivity index (χ4v) is 2.47. The molecular weight excluding hydrogens is 228 g/mol. The largest absolute Gasteiger partial charge is 0.396 e. The molecule has 3 N–H and O–H groups in total. The van der Waals surface area contributed by atoms with Gasteiger partial charge in [0.15, 0.2) is 0 Å². The Balaban J connectivity index is 2.15. The molecule has 4 heteroatoms. The molecule has 0 spiro atoms. The van der Waals surface area contributed by atoms with Crippen LogP contribution in [0.15, 0.2) is 0 Å². The van der Waals surface area contributed by atoms with Crippen LogP contribution in [0.25, 0.3) is 0 Å².